The van der Waals surface area contributed by atoms with Crippen LogP contribution in [-0.2, 0) is 0 Å². The van der Waals surface area contributed by atoms with Crippen molar-refractivity contribution in [2.24, 2.45) is 47.3 Å². The van der Waals surface area contributed by atoms with Crippen LogP contribution in [0.5, 0.6) is 0 Å². The average molecular weight is 625 g/mol. The highest BCUT2D eigenvalue weighted by Crippen LogP contribution is 2.22. The van der Waals surface area contributed by atoms with Crippen LogP contribution in [0.2, 0.25) is 0 Å². The lowest BCUT2D eigenvalue weighted by Crippen LogP contribution is -2.05. The molecule has 0 aromatic carbocycles. The SMILES string of the molecule is CCCC(C)CC(C)CC(C)C.CCCC(C)CCCC(C)C.CCCCCC(C)CC(C)C.CCCCCCCC(C)C. The molecule has 4 atom stereocenters. The Labute approximate surface area is 285 Å². The Morgan fingerprint density at radius 1 is 0.250 bits per heavy atom. The smallest absolute Gasteiger partial charge is 0.0438 e. The molecule has 0 spiro atoms. The summed E-state index contributed by atoms with van der Waals surface area (Å²) in [6, 6.07) is 0. The van der Waals surface area contributed by atoms with Crippen molar-refractivity contribution in [3.05, 3.63) is 0 Å². The summed E-state index contributed by atoms with van der Waals surface area (Å²) >= 11 is 0. The second-order valence-corrected chi connectivity index (χ2v) is 16.9. The summed E-state index contributed by atoms with van der Waals surface area (Å²) < 4.78 is 0. The fourth-order valence-electron chi connectivity index (χ4n) is 6.53. The molecule has 4 unspecified atom stereocenters. The third-order valence-corrected chi connectivity index (χ3v) is 8.78. The van der Waals surface area contributed by atoms with E-state index < -0.39 is 0 Å². The van der Waals surface area contributed by atoms with E-state index in [1.807, 2.05) is 0 Å². The Hall–Kier alpha value is 0. The van der Waals surface area contributed by atoms with Crippen molar-refractivity contribution in [3.63, 3.8) is 0 Å². The highest BCUT2D eigenvalue weighted by atomic mass is 14.2. The van der Waals surface area contributed by atoms with Crippen LogP contribution in [0.1, 0.15) is 239 Å². The number of unbranched alkanes of at least 4 members (excludes halogenated alkanes) is 6. The molecule has 0 amide bonds. The molecule has 0 aromatic rings. The van der Waals surface area contributed by atoms with Crippen LogP contribution < -0.4 is 0 Å². The normalized spacial score (nSPS) is 13.9. The molecular weight excluding hydrogens is 528 g/mol. The molecule has 0 heterocycles. The van der Waals surface area contributed by atoms with Gasteiger partial charge >= 0.3 is 0 Å². The van der Waals surface area contributed by atoms with Gasteiger partial charge in [0.05, 0.1) is 0 Å². The molecule has 44 heavy (non-hydrogen) atoms. The van der Waals surface area contributed by atoms with Gasteiger partial charge in [0.1, 0.15) is 0 Å². The largest absolute Gasteiger partial charge is 0.0654 e. The van der Waals surface area contributed by atoms with Crippen LogP contribution in [0.25, 0.3) is 0 Å². The zero-order valence-corrected chi connectivity index (χ0v) is 34.8. The zero-order chi connectivity index (χ0) is 34.8. The lowest BCUT2D eigenvalue weighted by molar-refractivity contribution is 0.342. The standard InChI is InChI=1S/C12H26.2C11H24.C10H22/c1-6-7-11(4)9-12(5)8-10(2)3;1-5-7-11(4)9-6-8-10(2)3;1-5-6-7-8-11(4)9-10(2)3;1-4-5-6-7-8-9-10(2)3/h10-12H,6-9H2,1-5H3;2*10-11H,5-9H2,1-4H3;10H,4-9H2,1-3H3. The quantitative estimate of drug-likeness (QED) is 0.0937. The van der Waals surface area contributed by atoms with Crippen LogP contribution >= 0.6 is 0 Å². The second-order valence-electron chi connectivity index (χ2n) is 16.9. The first-order valence-corrected chi connectivity index (χ1v) is 20.7. The minimum Gasteiger partial charge on any atom is -0.0654 e. The van der Waals surface area contributed by atoms with Gasteiger partial charge in [-0.1, -0.05) is 220 Å². The molecule has 0 rings (SSSR count). The first kappa shape index (κ1) is 50.8. The van der Waals surface area contributed by atoms with E-state index in [4.69, 9.17) is 0 Å². The van der Waals surface area contributed by atoms with Gasteiger partial charge in [-0.2, -0.15) is 0 Å². The van der Waals surface area contributed by atoms with E-state index in [2.05, 4.69) is 111 Å². The minimum atomic E-state index is 0.869. The maximum Gasteiger partial charge on any atom is -0.0438 e. The van der Waals surface area contributed by atoms with E-state index in [0.29, 0.717) is 0 Å². The van der Waals surface area contributed by atoms with Crippen molar-refractivity contribution in [2.75, 3.05) is 0 Å². The molecule has 0 radical (unpaired) electrons. The molecule has 0 aliphatic rings. The van der Waals surface area contributed by atoms with Crippen molar-refractivity contribution >= 4 is 0 Å². The van der Waals surface area contributed by atoms with Gasteiger partial charge in [-0.05, 0) is 66.6 Å². The van der Waals surface area contributed by atoms with Crippen LogP contribution in [0.15, 0.2) is 0 Å². The van der Waals surface area contributed by atoms with E-state index in [1.54, 1.807) is 0 Å². The molecule has 0 N–H and O–H groups in total. The number of hydrogen-bond donors (Lipinski definition) is 0. The Kier molecular flexibility index (Phi) is 45.3. The van der Waals surface area contributed by atoms with E-state index in [0.717, 1.165) is 47.3 Å². The van der Waals surface area contributed by atoms with Gasteiger partial charge in [-0.3, -0.25) is 0 Å². The van der Waals surface area contributed by atoms with Crippen molar-refractivity contribution in [1.29, 1.82) is 0 Å². The lowest BCUT2D eigenvalue weighted by atomic mass is 9.88. The van der Waals surface area contributed by atoms with Gasteiger partial charge < -0.3 is 0 Å². The van der Waals surface area contributed by atoms with Gasteiger partial charge in [-0.15, -0.1) is 0 Å². The van der Waals surface area contributed by atoms with Crippen LogP contribution in [0.3, 0.4) is 0 Å². The van der Waals surface area contributed by atoms with Gasteiger partial charge in [0.25, 0.3) is 0 Å². The maximum absolute atomic E-state index is 2.40. The fraction of sp³-hybridized carbons (Fsp3) is 1.00. The summed E-state index contributed by atoms with van der Waals surface area (Å²) in [5.74, 6) is 7.31. The first-order valence-electron chi connectivity index (χ1n) is 20.7. The maximum atomic E-state index is 2.40. The van der Waals surface area contributed by atoms with Gasteiger partial charge in [-0.25, -0.2) is 0 Å². The summed E-state index contributed by atoms with van der Waals surface area (Å²) in [5, 5.41) is 0. The molecule has 0 aliphatic heterocycles. The molecule has 0 fully saturated rings. The Balaban J connectivity index is -0.000000243. The molecule has 0 saturated heterocycles. The molecule has 0 nitrogen and oxygen atoms in total. The van der Waals surface area contributed by atoms with Crippen LogP contribution in [0.4, 0.5) is 0 Å². The summed E-state index contributed by atoms with van der Waals surface area (Å²) in [4.78, 5) is 0. The molecule has 0 aliphatic carbocycles. The Morgan fingerprint density at radius 3 is 1.07 bits per heavy atom. The lowest BCUT2D eigenvalue weighted by Gasteiger charge is -2.18. The van der Waals surface area contributed by atoms with Gasteiger partial charge in [0.2, 0.25) is 0 Å². The minimum absolute atomic E-state index is 0.869. The predicted octanol–water partition coefficient (Wildman–Crippen LogP) is 17.0. The first-order chi connectivity index (χ1) is 20.7. The highest BCUT2D eigenvalue weighted by Gasteiger charge is 2.09. The van der Waals surface area contributed by atoms with Crippen molar-refractivity contribution in [1.82, 2.24) is 0 Å². The highest BCUT2D eigenvalue weighted by molar-refractivity contribution is 4.61. The summed E-state index contributed by atoms with van der Waals surface area (Å²) in [6.07, 6.45) is 28.2. The van der Waals surface area contributed by atoms with Gasteiger partial charge in [0.15, 0.2) is 0 Å². The summed E-state index contributed by atoms with van der Waals surface area (Å²) in [6.45, 7) is 37.1. The summed E-state index contributed by atoms with van der Waals surface area (Å²) in [7, 11) is 0. The predicted molar refractivity (Wildman–Crippen MR) is 211 cm³/mol. The van der Waals surface area contributed by atoms with E-state index in [1.165, 1.54) is 128 Å². The molecule has 0 saturated carbocycles. The average Bonchev–Trinajstić information content (AvgIpc) is 2.89. The van der Waals surface area contributed by atoms with Crippen molar-refractivity contribution < 1.29 is 0 Å². The second kappa shape index (κ2) is 39.2. The number of rotatable bonds is 24. The number of hydrogen-bond acceptors (Lipinski definition) is 0. The molecule has 0 aromatic heterocycles. The summed E-state index contributed by atoms with van der Waals surface area (Å²) in [5.41, 5.74) is 0. The van der Waals surface area contributed by atoms with E-state index in [-0.39, 0.29) is 0 Å². The molecule has 272 valence electrons. The third-order valence-electron chi connectivity index (χ3n) is 8.78. The van der Waals surface area contributed by atoms with E-state index in [9.17, 15) is 0 Å². The third kappa shape index (κ3) is 54.5. The Morgan fingerprint density at radius 2 is 0.614 bits per heavy atom. The topological polar surface area (TPSA) is 0 Å². The van der Waals surface area contributed by atoms with Crippen LogP contribution in [-0.4, -0.2) is 0 Å². The molecular formula is C44H96. The Bertz CT molecular complexity index is 472. The monoisotopic (exact) mass is 625 g/mol. The van der Waals surface area contributed by atoms with Crippen molar-refractivity contribution in [2.45, 2.75) is 239 Å². The van der Waals surface area contributed by atoms with Crippen molar-refractivity contribution in [3.8, 4) is 0 Å². The zero-order valence-electron chi connectivity index (χ0n) is 34.8. The van der Waals surface area contributed by atoms with Crippen LogP contribution in [0, 0.1) is 47.3 Å². The molecule has 0 bridgehead atoms. The molecule has 0 heteroatoms. The van der Waals surface area contributed by atoms with E-state index >= 15 is 0 Å². The fourth-order valence-corrected chi connectivity index (χ4v) is 6.53. The van der Waals surface area contributed by atoms with Gasteiger partial charge in [0, 0.05) is 0 Å².